The SMILES string of the molecule is FC(F)(F)c1nc2nc(I)ccc2o1. The van der Waals surface area contributed by atoms with E-state index in [-0.39, 0.29) is 11.2 Å². The fourth-order valence-electron chi connectivity index (χ4n) is 0.917. The molecule has 0 bridgehead atoms. The highest BCUT2D eigenvalue weighted by Crippen LogP contribution is 2.30. The van der Waals surface area contributed by atoms with Crippen molar-refractivity contribution in [1.82, 2.24) is 9.97 Å². The van der Waals surface area contributed by atoms with E-state index in [9.17, 15) is 13.2 Å². The number of hydrogen-bond donors (Lipinski definition) is 0. The molecule has 0 aromatic carbocycles. The highest BCUT2D eigenvalue weighted by atomic mass is 127. The molecule has 74 valence electrons. The minimum Gasteiger partial charge on any atom is -0.431 e. The first-order chi connectivity index (χ1) is 6.47. The van der Waals surface area contributed by atoms with E-state index in [4.69, 9.17) is 0 Å². The minimum absolute atomic E-state index is 0.0239. The van der Waals surface area contributed by atoms with E-state index in [1.165, 1.54) is 6.07 Å². The van der Waals surface area contributed by atoms with Crippen LogP contribution in [0.3, 0.4) is 0 Å². The highest BCUT2D eigenvalue weighted by Gasteiger charge is 2.37. The van der Waals surface area contributed by atoms with Gasteiger partial charge in [0.15, 0.2) is 11.2 Å². The van der Waals surface area contributed by atoms with Gasteiger partial charge in [-0.25, -0.2) is 4.98 Å². The zero-order valence-electron chi connectivity index (χ0n) is 6.47. The number of hydrogen-bond acceptors (Lipinski definition) is 3. The maximum atomic E-state index is 12.1. The Bertz CT molecular complexity index is 479. The largest absolute Gasteiger partial charge is 0.469 e. The van der Waals surface area contributed by atoms with E-state index in [2.05, 4.69) is 14.4 Å². The van der Waals surface area contributed by atoms with E-state index in [1.807, 2.05) is 22.6 Å². The lowest BCUT2D eigenvalue weighted by atomic mass is 10.5. The third kappa shape index (κ3) is 1.68. The summed E-state index contributed by atoms with van der Waals surface area (Å²) in [5, 5.41) is 0. The summed E-state index contributed by atoms with van der Waals surface area (Å²) in [6.07, 6.45) is -4.56. The Hall–Kier alpha value is -0.860. The number of oxazole rings is 1. The van der Waals surface area contributed by atoms with Crippen LogP contribution in [0.4, 0.5) is 13.2 Å². The fraction of sp³-hybridized carbons (Fsp3) is 0.143. The molecule has 2 heterocycles. The third-order valence-corrected chi connectivity index (χ3v) is 2.06. The normalized spacial score (nSPS) is 12.3. The van der Waals surface area contributed by atoms with Crippen molar-refractivity contribution >= 4 is 33.8 Å². The van der Waals surface area contributed by atoms with Crippen LogP contribution in [0.5, 0.6) is 0 Å². The summed E-state index contributed by atoms with van der Waals surface area (Å²) in [6.45, 7) is 0. The van der Waals surface area contributed by atoms with Gasteiger partial charge in [-0.05, 0) is 34.7 Å². The molecule has 0 N–H and O–H groups in total. The molecule has 2 rings (SSSR count). The predicted octanol–water partition coefficient (Wildman–Crippen LogP) is 2.85. The van der Waals surface area contributed by atoms with Crippen molar-refractivity contribution in [2.24, 2.45) is 0 Å². The first kappa shape index (κ1) is 9.69. The van der Waals surface area contributed by atoms with Crippen LogP contribution in [0.1, 0.15) is 5.89 Å². The van der Waals surface area contributed by atoms with E-state index in [1.54, 1.807) is 6.07 Å². The monoisotopic (exact) mass is 314 g/mol. The molecular weight excluding hydrogens is 312 g/mol. The summed E-state index contributed by atoms with van der Waals surface area (Å²) in [4.78, 5) is 7.03. The minimum atomic E-state index is -4.56. The van der Waals surface area contributed by atoms with Gasteiger partial charge in [0.2, 0.25) is 0 Å². The molecule has 0 aliphatic heterocycles. The van der Waals surface area contributed by atoms with Gasteiger partial charge in [0.25, 0.3) is 0 Å². The lowest BCUT2D eigenvalue weighted by Gasteiger charge is -1.96. The molecule has 0 saturated carbocycles. The van der Waals surface area contributed by atoms with Crippen LogP contribution in [0.25, 0.3) is 11.2 Å². The molecule has 0 amide bonds. The van der Waals surface area contributed by atoms with Gasteiger partial charge in [-0.1, -0.05) is 0 Å². The van der Waals surface area contributed by atoms with Crippen LogP contribution < -0.4 is 0 Å². The van der Waals surface area contributed by atoms with Gasteiger partial charge >= 0.3 is 12.1 Å². The molecule has 14 heavy (non-hydrogen) atoms. The Kier molecular flexibility index (Phi) is 2.13. The molecular formula is C7H2F3IN2O. The lowest BCUT2D eigenvalue weighted by molar-refractivity contribution is -0.156. The maximum absolute atomic E-state index is 12.1. The number of nitrogens with zero attached hydrogens (tertiary/aromatic N) is 2. The average Bonchev–Trinajstić information content (AvgIpc) is 2.45. The second-order valence-electron chi connectivity index (χ2n) is 2.47. The Morgan fingerprint density at radius 3 is 2.57 bits per heavy atom. The van der Waals surface area contributed by atoms with E-state index >= 15 is 0 Å². The molecule has 0 unspecified atom stereocenters. The second-order valence-corrected chi connectivity index (χ2v) is 3.58. The van der Waals surface area contributed by atoms with Crippen LogP contribution in [-0.2, 0) is 6.18 Å². The molecule has 3 nitrogen and oxygen atoms in total. The molecule has 0 radical (unpaired) electrons. The molecule has 7 heteroatoms. The standard InChI is InChI=1S/C7H2F3IN2O/c8-7(9,10)6-13-5-3(14-6)1-2-4(11)12-5/h1-2H. The molecule has 0 spiro atoms. The second kappa shape index (κ2) is 3.07. The van der Waals surface area contributed by atoms with Gasteiger partial charge in [-0.2, -0.15) is 18.2 Å². The van der Waals surface area contributed by atoms with Gasteiger partial charge in [-0.15, -0.1) is 0 Å². The number of halogens is 4. The smallest absolute Gasteiger partial charge is 0.431 e. The van der Waals surface area contributed by atoms with Crippen molar-refractivity contribution in [3.05, 3.63) is 21.7 Å². The van der Waals surface area contributed by atoms with Crippen molar-refractivity contribution in [2.45, 2.75) is 6.18 Å². The summed E-state index contributed by atoms with van der Waals surface area (Å²) >= 11 is 1.88. The van der Waals surface area contributed by atoms with Crippen LogP contribution in [0.15, 0.2) is 16.5 Å². The van der Waals surface area contributed by atoms with Crippen LogP contribution >= 0.6 is 22.6 Å². The Morgan fingerprint density at radius 1 is 1.21 bits per heavy atom. The summed E-state index contributed by atoms with van der Waals surface area (Å²) in [6, 6.07) is 2.96. The van der Waals surface area contributed by atoms with Gasteiger partial charge < -0.3 is 4.42 Å². The van der Waals surface area contributed by atoms with Gasteiger partial charge in [0.1, 0.15) is 3.70 Å². The number of rotatable bonds is 0. The molecule has 2 aromatic rings. The van der Waals surface area contributed by atoms with E-state index in [0.717, 1.165) is 0 Å². The quantitative estimate of drug-likeness (QED) is 0.554. The zero-order valence-corrected chi connectivity index (χ0v) is 8.63. The summed E-state index contributed by atoms with van der Waals surface area (Å²) in [5.41, 5.74) is 0.0157. The first-order valence-corrected chi connectivity index (χ1v) is 4.55. The number of aromatic nitrogens is 2. The van der Waals surface area contributed by atoms with E-state index in [0.29, 0.717) is 3.70 Å². The van der Waals surface area contributed by atoms with Crippen molar-refractivity contribution in [2.75, 3.05) is 0 Å². The first-order valence-electron chi connectivity index (χ1n) is 3.47. The Morgan fingerprint density at radius 2 is 1.93 bits per heavy atom. The molecule has 0 saturated heterocycles. The van der Waals surface area contributed by atoms with Crippen LogP contribution in [0, 0.1) is 3.70 Å². The maximum Gasteiger partial charge on any atom is 0.469 e. The Labute approximate surface area is 89.5 Å². The average molecular weight is 314 g/mol. The molecule has 0 atom stereocenters. The summed E-state index contributed by atoms with van der Waals surface area (Å²) < 4.78 is 41.5. The summed E-state index contributed by atoms with van der Waals surface area (Å²) in [5.74, 6) is -1.26. The van der Waals surface area contributed by atoms with Crippen molar-refractivity contribution in [3.8, 4) is 0 Å². The third-order valence-electron chi connectivity index (χ3n) is 1.46. The van der Waals surface area contributed by atoms with Gasteiger partial charge in [0, 0.05) is 0 Å². The topological polar surface area (TPSA) is 38.9 Å². The van der Waals surface area contributed by atoms with E-state index < -0.39 is 12.1 Å². The van der Waals surface area contributed by atoms with Crippen LogP contribution in [-0.4, -0.2) is 9.97 Å². The van der Waals surface area contributed by atoms with Crippen molar-refractivity contribution in [3.63, 3.8) is 0 Å². The van der Waals surface area contributed by atoms with Crippen molar-refractivity contribution in [1.29, 1.82) is 0 Å². The Balaban J connectivity index is 2.63. The summed E-state index contributed by atoms with van der Waals surface area (Å²) in [7, 11) is 0. The fourth-order valence-corrected chi connectivity index (χ4v) is 1.32. The number of fused-ring (bicyclic) bond motifs is 1. The molecule has 0 fully saturated rings. The molecule has 0 aliphatic carbocycles. The molecule has 2 aromatic heterocycles. The zero-order chi connectivity index (χ0) is 10.3. The van der Waals surface area contributed by atoms with Gasteiger partial charge in [-0.3, -0.25) is 0 Å². The number of pyridine rings is 1. The predicted molar refractivity (Wildman–Crippen MR) is 49.5 cm³/mol. The number of alkyl halides is 3. The van der Waals surface area contributed by atoms with Crippen LogP contribution in [0.2, 0.25) is 0 Å². The van der Waals surface area contributed by atoms with Crippen molar-refractivity contribution < 1.29 is 17.6 Å². The highest BCUT2D eigenvalue weighted by molar-refractivity contribution is 14.1. The lowest BCUT2D eigenvalue weighted by Crippen LogP contribution is -2.04. The molecule has 0 aliphatic rings. The van der Waals surface area contributed by atoms with Gasteiger partial charge in [0.05, 0.1) is 0 Å².